The fourth-order valence-corrected chi connectivity index (χ4v) is 0.983. The predicted molar refractivity (Wildman–Crippen MR) is 54.9 cm³/mol. The molecule has 7 nitrogen and oxygen atoms in total. The molecule has 3 N–H and O–H groups in total. The number of carboxylic acid groups (broad SMARTS) is 1. The van der Waals surface area contributed by atoms with Gasteiger partial charge in [0.1, 0.15) is 6.04 Å². The molecule has 0 aliphatic carbocycles. The fraction of sp³-hybridized carbons (Fsp3) is 0.667. The first-order chi connectivity index (χ1) is 7.51. The molecular weight excluding hydrogens is 216 g/mol. The summed E-state index contributed by atoms with van der Waals surface area (Å²) in [5, 5.41) is 13.2. The molecular formula is C9H16N2O5. The monoisotopic (exact) mass is 232 g/mol. The Balaban J connectivity index is 4.09. The highest BCUT2D eigenvalue weighted by molar-refractivity contribution is 5.82. The summed E-state index contributed by atoms with van der Waals surface area (Å²) in [4.78, 5) is 32.6. The van der Waals surface area contributed by atoms with E-state index in [4.69, 9.17) is 5.11 Å². The van der Waals surface area contributed by atoms with E-state index in [1.807, 2.05) is 0 Å². The SMILES string of the molecule is CCOC(=O)CC[C@H](NC(=O)NC)C(=O)O. The molecule has 1 atom stereocenters. The van der Waals surface area contributed by atoms with Gasteiger partial charge < -0.3 is 20.5 Å². The largest absolute Gasteiger partial charge is 0.480 e. The van der Waals surface area contributed by atoms with E-state index in [0.29, 0.717) is 0 Å². The van der Waals surface area contributed by atoms with Crippen LogP contribution in [0, 0.1) is 0 Å². The zero-order chi connectivity index (χ0) is 12.6. The summed E-state index contributed by atoms with van der Waals surface area (Å²) in [7, 11) is 1.37. The Kier molecular flexibility index (Phi) is 6.66. The lowest BCUT2D eigenvalue weighted by Gasteiger charge is -2.13. The molecule has 0 aliphatic heterocycles. The highest BCUT2D eigenvalue weighted by Gasteiger charge is 2.20. The summed E-state index contributed by atoms with van der Waals surface area (Å²) >= 11 is 0. The van der Waals surface area contributed by atoms with Crippen LogP contribution >= 0.6 is 0 Å². The maximum atomic E-state index is 11.0. The molecule has 0 aromatic rings. The number of nitrogens with one attached hydrogen (secondary N) is 2. The molecule has 0 radical (unpaired) electrons. The first kappa shape index (κ1) is 14.2. The van der Waals surface area contributed by atoms with Crippen LogP contribution < -0.4 is 10.6 Å². The van der Waals surface area contributed by atoms with Crippen LogP contribution in [0.25, 0.3) is 0 Å². The average Bonchev–Trinajstić information content (AvgIpc) is 2.23. The smallest absolute Gasteiger partial charge is 0.326 e. The summed E-state index contributed by atoms with van der Waals surface area (Å²) in [6.07, 6.45) is -0.0453. The molecule has 0 heterocycles. The molecule has 2 amide bonds. The summed E-state index contributed by atoms with van der Waals surface area (Å²) in [5.41, 5.74) is 0. The number of carbonyl (C=O) groups is 3. The van der Waals surface area contributed by atoms with Crippen molar-refractivity contribution < 1.29 is 24.2 Å². The van der Waals surface area contributed by atoms with Crippen LogP contribution in [0.15, 0.2) is 0 Å². The lowest BCUT2D eigenvalue weighted by molar-refractivity contribution is -0.144. The molecule has 0 saturated carbocycles. The van der Waals surface area contributed by atoms with Gasteiger partial charge in [0, 0.05) is 13.5 Å². The quantitative estimate of drug-likeness (QED) is 0.546. The molecule has 0 bridgehead atoms. The van der Waals surface area contributed by atoms with E-state index < -0.39 is 24.0 Å². The van der Waals surface area contributed by atoms with Crippen LogP contribution in [-0.2, 0) is 14.3 Å². The van der Waals surface area contributed by atoms with Crippen molar-refractivity contribution >= 4 is 18.0 Å². The second-order valence-corrected chi connectivity index (χ2v) is 2.96. The second-order valence-electron chi connectivity index (χ2n) is 2.96. The topological polar surface area (TPSA) is 105 Å². The molecule has 0 saturated heterocycles. The lowest BCUT2D eigenvalue weighted by Crippen LogP contribution is -2.45. The average molecular weight is 232 g/mol. The fourth-order valence-electron chi connectivity index (χ4n) is 0.983. The van der Waals surface area contributed by atoms with Crippen LogP contribution in [0.1, 0.15) is 19.8 Å². The number of rotatable bonds is 6. The Hall–Kier alpha value is -1.79. The van der Waals surface area contributed by atoms with Crippen LogP contribution in [0.2, 0.25) is 0 Å². The van der Waals surface area contributed by atoms with Gasteiger partial charge in [-0.05, 0) is 13.3 Å². The van der Waals surface area contributed by atoms with Gasteiger partial charge in [-0.3, -0.25) is 4.79 Å². The second kappa shape index (κ2) is 7.49. The van der Waals surface area contributed by atoms with Crippen molar-refractivity contribution in [1.29, 1.82) is 0 Å². The van der Waals surface area contributed by atoms with Crippen molar-refractivity contribution in [3.8, 4) is 0 Å². The number of aliphatic carboxylic acids is 1. The summed E-state index contributed by atoms with van der Waals surface area (Å²) in [5.74, 6) is -1.67. The maximum absolute atomic E-state index is 11.0. The van der Waals surface area contributed by atoms with Crippen molar-refractivity contribution in [2.75, 3.05) is 13.7 Å². The Bertz CT molecular complexity index is 267. The molecule has 0 aromatic heterocycles. The minimum absolute atomic E-state index is 0.00157. The standard InChI is InChI=1S/C9H16N2O5/c1-3-16-7(12)5-4-6(8(13)14)11-9(15)10-2/h6H,3-5H2,1-2H3,(H,13,14)(H2,10,11,15)/t6-/m0/s1. The third-order valence-corrected chi connectivity index (χ3v) is 1.77. The zero-order valence-corrected chi connectivity index (χ0v) is 9.28. The third-order valence-electron chi connectivity index (χ3n) is 1.77. The van der Waals surface area contributed by atoms with Gasteiger partial charge in [-0.15, -0.1) is 0 Å². The first-order valence-corrected chi connectivity index (χ1v) is 4.88. The number of hydrogen-bond acceptors (Lipinski definition) is 4. The molecule has 7 heteroatoms. The van der Waals surface area contributed by atoms with Crippen molar-refractivity contribution in [3.05, 3.63) is 0 Å². The Morgan fingerprint density at radius 1 is 1.38 bits per heavy atom. The zero-order valence-electron chi connectivity index (χ0n) is 9.28. The number of amides is 2. The van der Waals surface area contributed by atoms with Gasteiger partial charge in [-0.2, -0.15) is 0 Å². The highest BCUT2D eigenvalue weighted by atomic mass is 16.5. The third kappa shape index (κ3) is 5.84. The number of hydrogen-bond donors (Lipinski definition) is 3. The van der Waals surface area contributed by atoms with E-state index >= 15 is 0 Å². The van der Waals surface area contributed by atoms with Crippen LogP contribution in [0.4, 0.5) is 4.79 Å². The Labute approximate surface area is 93.2 Å². The Morgan fingerprint density at radius 2 is 2.00 bits per heavy atom. The van der Waals surface area contributed by atoms with E-state index in [-0.39, 0.29) is 19.4 Å². The molecule has 0 fully saturated rings. The van der Waals surface area contributed by atoms with Crippen molar-refractivity contribution in [2.24, 2.45) is 0 Å². The first-order valence-electron chi connectivity index (χ1n) is 4.88. The predicted octanol–water partition coefficient (Wildman–Crippen LogP) is -0.288. The van der Waals surface area contributed by atoms with Crippen molar-refractivity contribution in [3.63, 3.8) is 0 Å². The van der Waals surface area contributed by atoms with E-state index in [0.717, 1.165) is 0 Å². The van der Waals surface area contributed by atoms with Gasteiger partial charge in [-0.1, -0.05) is 0 Å². The van der Waals surface area contributed by atoms with E-state index in [1.54, 1.807) is 6.92 Å². The van der Waals surface area contributed by atoms with Crippen LogP contribution in [-0.4, -0.2) is 42.8 Å². The molecule has 0 aliphatic rings. The van der Waals surface area contributed by atoms with Gasteiger partial charge in [0.25, 0.3) is 0 Å². The Morgan fingerprint density at radius 3 is 2.44 bits per heavy atom. The maximum Gasteiger partial charge on any atom is 0.326 e. The molecule has 92 valence electrons. The van der Waals surface area contributed by atoms with Crippen LogP contribution in [0.3, 0.4) is 0 Å². The highest BCUT2D eigenvalue weighted by Crippen LogP contribution is 2.00. The van der Waals surface area contributed by atoms with Gasteiger partial charge in [-0.25, -0.2) is 9.59 Å². The molecule has 0 unspecified atom stereocenters. The van der Waals surface area contributed by atoms with E-state index in [1.165, 1.54) is 7.05 Å². The van der Waals surface area contributed by atoms with Gasteiger partial charge in [0.05, 0.1) is 6.61 Å². The summed E-state index contributed by atoms with van der Waals surface area (Å²) in [6, 6.07) is -1.69. The van der Waals surface area contributed by atoms with E-state index in [9.17, 15) is 14.4 Å². The number of esters is 1. The molecule has 16 heavy (non-hydrogen) atoms. The normalized spacial score (nSPS) is 11.4. The number of carbonyl (C=O) groups excluding carboxylic acids is 2. The summed E-state index contributed by atoms with van der Waals surface area (Å²) in [6.45, 7) is 1.91. The van der Waals surface area contributed by atoms with E-state index in [2.05, 4.69) is 15.4 Å². The number of carboxylic acids is 1. The molecule has 0 aromatic carbocycles. The van der Waals surface area contributed by atoms with Crippen molar-refractivity contribution in [1.82, 2.24) is 10.6 Å². The minimum Gasteiger partial charge on any atom is -0.480 e. The van der Waals surface area contributed by atoms with Gasteiger partial charge in [0.2, 0.25) is 0 Å². The van der Waals surface area contributed by atoms with Gasteiger partial charge in [0.15, 0.2) is 0 Å². The van der Waals surface area contributed by atoms with Crippen molar-refractivity contribution in [2.45, 2.75) is 25.8 Å². The summed E-state index contributed by atoms with van der Waals surface area (Å²) < 4.78 is 4.64. The number of urea groups is 1. The molecule has 0 spiro atoms. The van der Waals surface area contributed by atoms with Crippen LogP contribution in [0.5, 0.6) is 0 Å². The minimum atomic E-state index is -1.19. The van der Waals surface area contributed by atoms with Gasteiger partial charge >= 0.3 is 18.0 Å². The number of ether oxygens (including phenoxy) is 1. The molecule has 0 rings (SSSR count). The lowest BCUT2D eigenvalue weighted by atomic mass is 10.1.